The summed E-state index contributed by atoms with van der Waals surface area (Å²) in [5, 5.41) is 13.8. The second-order valence-electron chi connectivity index (χ2n) is 6.45. The molecule has 2 aromatic rings. The zero-order valence-electron chi connectivity index (χ0n) is 13.6. The van der Waals surface area contributed by atoms with Gasteiger partial charge >= 0.3 is 0 Å². The van der Waals surface area contributed by atoms with Crippen LogP contribution in [0.3, 0.4) is 0 Å². The smallest absolute Gasteiger partial charge is 0.266 e. The Balaban J connectivity index is 2.18. The van der Waals surface area contributed by atoms with E-state index in [1.807, 2.05) is 18.7 Å². The lowest BCUT2D eigenvalue weighted by Gasteiger charge is -2.27. The topological polar surface area (TPSA) is 87.7 Å². The first-order chi connectivity index (χ1) is 10.3. The Morgan fingerprint density at radius 1 is 1.41 bits per heavy atom. The summed E-state index contributed by atoms with van der Waals surface area (Å²) >= 11 is 1.40. The highest BCUT2D eigenvalue weighted by atomic mass is 32.1. The van der Waals surface area contributed by atoms with Gasteiger partial charge < -0.3 is 4.90 Å². The molecule has 0 spiro atoms. The van der Waals surface area contributed by atoms with Gasteiger partial charge in [0.25, 0.3) is 5.91 Å². The van der Waals surface area contributed by atoms with E-state index in [4.69, 9.17) is 0 Å². The number of thiazole rings is 1. The maximum absolute atomic E-state index is 12.9. The summed E-state index contributed by atoms with van der Waals surface area (Å²) in [5.74, 6) is 0.629. The number of aromatic nitrogens is 5. The van der Waals surface area contributed by atoms with E-state index in [2.05, 4.69) is 46.4 Å². The molecule has 0 saturated heterocycles. The van der Waals surface area contributed by atoms with Crippen LogP contribution in [0.4, 0.5) is 0 Å². The number of nitrogens with one attached hydrogen (secondary N) is 1. The van der Waals surface area contributed by atoms with Crippen LogP contribution in [-0.4, -0.2) is 49.0 Å². The van der Waals surface area contributed by atoms with Crippen molar-refractivity contribution in [2.45, 2.75) is 52.5 Å². The molecule has 2 aromatic heterocycles. The van der Waals surface area contributed by atoms with Gasteiger partial charge in [-0.15, -0.1) is 21.5 Å². The van der Waals surface area contributed by atoms with Gasteiger partial charge in [0.1, 0.15) is 4.88 Å². The van der Waals surface area contributed by atoms with Crippen molar-refractivity contribution in [3.8, 4) is 0 Å². The maximum Gasteiger partial charge on any atom is 0.266 e. The second kappa shape index (κ2) is 6.51. The highest BCUT2D eigenvalue weighted by Gasteiger charge is 2.28. The second-order valence-corrected chi connectivity index (χ2v) is 7.31. The number of rotatable bonds is 5. The number of carbonyl (C=O) groups excluding carboxylic acids is 1. The predicted octanol–water partition coefficient (Wildman–Crippen LogP) is 2.05. The fraction of sp³-hybridized carbons (Fsp3) is 0.643. The molecule has 0 saturated carbocycles. The van der Waals surface area contributed by atoms with Crippen molar-refractivity contribution in [3.63, 3.8) is 0 Å². The van der Waals surface area contributed by atoms with Gasteiger partial charge in [-0.2, -0.15) is 5.21 Å². The summed E-state index contributed by atoms with van der Waals surface area (Å²) in [6.45, 7) is 10.8. The van der Waals surface area contributed by atoms with Gasteiger partial charge in [0.15, 0.2) is 5.82 Å². The normalized spacial score (nSPS) is 11.9. The highest BCUT2D eigenvalue weighted by molar-refractivity contribution is 7.11. The molecule has 120 valence electrons. The van der Waals surface area contributed by atoms with E-state index in [1.54, 1.807) is 5.51 Å². The van der Waals surface area contributed by atoms with Crippen molar-refractivity contribution < 1.29 is 4.79 Å². The van der Waals surface area contributed by atoms with E-state index in [-0.39, 0.29) is 17.4 Å². The van der Waals surface area contributed by atoms with Crippen LogP contribution in [0.15, 0.2) is 5.51 Å². The standard InChI is InChI=1S/C14H22N6OS/c1-9(2)20(7-6-10-16-18-19-17-10)13(21)11-12(14(3,4)5)15-8-22-11/h8-9H,6-7H2,1-5H3,(H,16,17,18,19). The third kappa shape index (κ3) is 3.68. The summed E-state index contributed by atoms with van der Waals surface area (Å²) in [6, 6.07) is 0.0920. The number of H-pyrrole nitrogens is 1. The fourth-order valence-corrected chi connectivity index (χ4v) is 3.12. The first-order valence-electron chi connectivity index (χ1n) is 7.28. The molecule has 0 aliphatic carbocycles. The Morgan fingerprint density at radius 3 is 2.68 bits per heavy atom. The van der Waals surface area contributed by atoms with E-state index in [0.717, 1.165) is 5.69 Å². The van der Waals surface area contributed by atoms with Gasteiger partial charge in [0.2, 0.25) is 0 Å². The Hall–Kier alpha value is -1.83. The SMILES string of the molecule is CC(C)N(CCc1nn[nH]n1)C(=O)c1scnc1C(C)(C)C. The minimum absolute atomic E-state index is 0.0194. The lowest BCUT2D eigenvalue weighted by Crippen LogP contribution is -2.39. The quantitative estimate of drug-likeness (QED) is 0.910. The Bertz CT molecular complexity index is 614. The van der Waals surface area contributed by atoms with E-state index >= 15 is 0 Å². The van der Waals surface area contributed by atoms with Crippen LogP contribution in [-0.2, 0) is 11.8 Å². The average Bonchev–Trinajstić information content (AvgIpc) is 3.08. The number of hydrogen-bond acceptors (Lipinski definition) is 6. The highest BCUT2D eigenvalue weighted by Crippen LogP contribution is 2.28. The average molecular weight is 322 g/mol. The van der Waals surface area contributed by atoms with E-state index in [0.29, 0.717) is 23.7 Å². The minimum atomic E-state index is -0.151. The molecular weight excluding hydrogens is 300 g/mol. The van der Waals surface area contributed by atoms with Crippen LogP contribution in [0.1, 0.15) is 55.8 Å². The van der Waals surface area contributed by atoms with E-state index in [9.17, 15) is 4.79 Å². The van der Waals surface area contributed by atoms with Crippen LogP contribution >= 0.6 is 11.3 Å². The molecule has 0 aliphatic rings. The monoisotopic (exact) mass is 322 g/mol. The molecule has 1 N–H and O–H groups in total. The summed E-state index contributed by atoms with van der Waals surface area (Å²) in [7, 11) is 0. The molecule has 0 fully saturated rings. The Labute approximate surface area is 134 Å². The molecule has 0 aliphatic heterocycles. The van der Waals surface area contributed by atoms with Crippen LogP contribution in [0, 0.1) is 0 Å². The third-order valence-corrected chi connectivity index (χ3v) is 4.14. The zero-order valence-corrected chi connectivity index (χ0v) is 14.4. The van der Waals surface area contributed by atoms with Crippen LogP contribution in [0.25, 0.3) is 0 Å². The lowest BCUT2D eigenvalue weighted by atomic mass is 9.91. The molecular formula is C14H22N6OS. The number of aromatic amines is 1. The van der Waals surface area contributed by atoms with E-state index in [1.165, 1.54) is 11.3 Å². The van der Waals surface area contributed by atoms with Gasteiger partial charge in [-0.3, -0.25) is 4.79 Å². The summed E-state index contributed by atoms with van der Waals surface area (Å²) < 4.78 is 0. The first kappa shape index (κ1) is 16.5. The molecule has 0 aromatic carbocycles. The fourth-order valence-electron chi connectivity index (χ4n) is 2.17. The predicted molar refractivity (Wildman–Crippen MR) is 84.9 cm³/mol. The molecule has 7 nitrogen and oxygen atoms in total. The summed E-state index contributed by atoms with van der Waals surface area (Å²) in [6.07, 6.45) is 0.573. The van der Waals surface area contributed by atoms with Crippen LogP contribution in [0.5, 0.6) is 0 Å². The van der Waals surface area contributed by atoms with Crippen LogP contribution < -0.4 is 0 Å². The molecule has 1 amide bonds. The van der Waals surface area contributed by atoms with Gasteiger partial charge in [-0.25, -0.2) is 4.98 Å². The summed E-state index contributed by atoms with van der Waals surface area (Å²) in [4.78, 5) is 19.8. The third-order valence-electron chi connectivity index (χ3n) is 3.32. The van der Waals surface area contributed by atoms with Crippen LogP contribution in [0.2, 0.25) is 0 Å². The molecule has 22 heavy (non-hydrogen) atoms. The van der Waals surface area contributed by atoms with Gasteiger partial charge in [-0.1, -0.05) is 26.0 Å². The summed E-state index contributed by atoms with van der Waals surface area (Å²) in [5.41, 5.74) is 2.44. The Morgan fingerprint density at radius 2 is 2.14 bits per heavy atom. The van der Waals surface area contributed by atoms with Crippen molar-refractivity contribution in [2.75, 3.05) is 6.54 Å². The van der Waals surface area contributed by atoms with Gasteiger partial charge in [0.05, 0.1) is 11.2 Å². The van der Waals surface area contributed by atoms with Crippen molar-refractivity contribution in [2.24, 2.45) is 0 Å². The number of tetrazole rings is 1. The minimum Gasteiger partial charge on any atom is -0.335 e. The molecule has 0 bridgehead atoms. The molecule has 2 rings (SSSR count). The number of hydrogen-bond donors (Lipinski definition) is 1. The molecule has 0 unspecified atom stereocenters. The number of carbonyl (C=O) groups is 1. The lowest BCUT2D eigenvalue weighted by molar-refractivity contribution is 0.0709. The Kier molecular flexibility index (Phi) is 4.90. The van der Waals surface area contributed by atoms with Crippen molar-refractivity contribution in [3.05, 3.63) is 21.9 Å². The van der Waals surface area contributed by atoms with Crippen molar-refractivity contribution in [1.82, 2.24) is 30.5 Å². The zero-order chi connectivity index (χ0) is 16.3. The van der Waals surface area contributed by atoms with Gasteiger partial charge in [0, 0.05) is 24.4 Å². The molecule has 8 heteroatoms. The van der Waals surface area contributed by atoms with Crippen molar-refractivity contribution in [1.29, 1.82) is 0 Å². The number of nitrogens with zero attached hydrogens (tertiary/aromatic N) is 5. The van der Waals surface area contributed by atoms with Crippen molar-refractivity contribution >= 4 is 17.2 Å². The largest absolute Gasteiger partial charge is 0.335 e. The van der Waals surface area contributed by atoms with Gasteiger partial charge in [-0.05, 0) is 13.8 Å². The maximum atomic E-state index is 12.9. The molecule has 0 radical (unpaired) electrons. The number of amides is 1. The molecule has 2 heterocycles. The van der Waals surface area contributed by atoms with E-state index < -0.39 is 0 Å². The first-order valence-corrected chi connectivity index (χ1v) is 8.16. The molecule has 0 atom stereocenters.